The fourth-order valence-corrected chi connectivity index (χ4v) is 1.88. The van der Waals surface area contributed by atoms with Crippen molar-refractivity contribution in [2.24, 2.45) is 5.73 Å². The van der Waals surface area contributed by atoms with E-state index in [4.69, 9.17) is 15.6 Å². The highest BCUT2D eigenvalue weighted by Gasteiger charge is 2.16. The molecule has 5 heteroatoms. The summed E-state index contributed by atoms with van der Waals surface area (Å²) in [6.45, 7) is 0.0167. The molecule has 0 aromatic heterocycles. The van der Waals surface area contributed by atoms with E-state index in [0.29, 0.717) is 16.6 Å². The van der Waals surface area contributed by atoms with Crippen molar-refractivity contribution in [1.82, 2.24) is 0 Å². The summed E-state index contributed by atoms with van der Waals surface area (Å²) in [5.41, 5.74) is 6.62. The Morgan fingerprint density at radius 1 is 1.53 bits per heavy atom. The maximum atomic E-state index is 9.45. The van der Waals surface area contributed by atoms with Crippen LogP contribution in [-0.2, 0) is 0 Å². The Labute approximate surface area is 96.8 Å². The first-order valence-electron chi connectivity index (χ1n) is 4.53. The van der Waals surface area contributed by atoms with Crippen LogP contribution in [0.15, 0.2) is 16.6 Å². The molecule has 0 saturated heterocycles. The van der Waals surface area contributed by atoms with Crippen molar-refractivity contribution in [3.63, 3.8) is 0 Å². The molecule has 0 saturated carbocycles. The molecule has 0 radical (unpaired) electrons. The van der Waals surface area contributed by atoms with E-state index in [1.54, 1.807) is 12.1 Å². The Morgan fingerprint density at radius 2 is 2.20 bits per heavy atom. The number of aliphatic hydroxyl groups is 1. The van der Waals surface area contributed by atoms with Crippen molar-refractivity contribution in [3.05, 3.63) is 22.2 Å². The average Bonchev–Trinajstić information content (AvgIpc) is 2.22. The summed E-state index contributed by atoms with van der Waals surface area (Å²) in [6, 6.07) is 2.93. The van der Waals surface area contributed by atoms with Gasteiger partial charge in [0.05, 0.1) is 7.11 Å². The van der Waals surface area contributed by atoms with Crippen molar-refractivity contribution < 1.29 is 14.9 Å². The zero-order valence-corrected chi connectivity index (χ0v) is 9.99. The van der Waals surface area contributed by atoms with Crippen LogP contribution in [0.5, 0.6) is 11.5 Å². The predicted octanol–water partition coefficient (Wildman–Crippen LogP) is 1.55. The Bertz CT molecular complexity index is 344. The van der Waals surface area contributed by atoms with Gasteiger partial charge >= 0.3 is 0 Å². The number of phenolic OH excluding ortho intramolecular Hbond substituents is 1. The van der Waals surface area contributed by atoms with Crippen LogP contribution < -0.4 is 10.5 Å². The number of hydrogen-bond donors (Lipinski definition) is 3. The van der Waals surface area contributed by atoms with Gasteiger partial charge in [0.15, 0.2) is 0 Å². The zero-order valence-electron chi connectivity index (χ0n) is 8.40. The number of phenols is 1. The standard InChI is InChI=1S/C10H14BrNO3/c1-15-10-6(7(12)4-5-13)2-3-8(14)9(10)11/h2-3,7,13-14H,4-5,12H2,1H3. The van der Waals surface area contributed by atoms with Crippen molar-refractivity contribution in [1.29, 1.82) is 0 Å². The van der Waals surface area contributed by atoms with Gasteiger partial charge in [-0.3, -0.25) is 0 Å². The number of aliphatic hydroxyl groups excluding tert-OH is 1. The maximum absolute atomic E-state index is 9.45. The van der Waals surface area contributed by atoms with Gasteiger partial charge in [0.2, 0.25) is 0 Å². The van der Waals surface area contributed by atoms with E-state index < -0.39 is 0 Å². The first-order valence-corrected chi connectivity index (χ1v) is 5.33. The van der Waals surface area contributed by atoms with Crippen LogP contribution in [-0.4, -0.2) is 23.9 Å². The number of methoxy groups -OCH3 is 1. The Hall–Kier alpha value is -0.780. The topological polar surface area (TPSA) is 75.7 Å². The molecule has 15 heavy (non-hydrogen) atoms. The first-order chi connectivity index (χ1) is 7.11. The number of hydrogen-bond acceptors (Lipinski definition) is 4. The summed E-state index contributed by atoms with van der Waals surface area (Å²) in [5, 5.41) is 18.3. The molecular weight excluding hydrogens is 262 g/mol. The fraction of sp³-hybridized carbons (Fsp3) is 0.400. The number of halogens is 1. The third kappa shape index (κ3) is 2.62. The second kappa shape index (κ2) is 5.34. The van der Waals surface area contributed by atoms with E-state index in [1.807, 2.05) is 0 Å². The SMILES string of the molecule is COc1c(C(N)CCO)ccc(O)c1Br. The zero-order chi connectivity index (χ0) is 11.4. The van der Waals surface area contributed by atoms with Crippen LogP contribution >= 0.6 is 15.9 Å². The van der Waals surface area contributed by atoms with Crippen molar-refractivity contribution in [2.75, 3.05) is 13.7 Å². The molecule has 0 aliphatic carbocycles. The second-order valence-electron chi connectivity index (χ2n) is 3.14. The van der Waals surface area contributed by atoms with Gasteiger partial charge in [-0.25, -0.2) is 0 Å². The largest absolute Gasteiger partial charge is 0.507 e. The van der Waals surface area contributed by atoms with E-state index in [1.165, 1.54) is 7.11 Å². The van der Waals surface area contributed by atoms with Crippen LogP contribution in [0, 0.1) is 0 Å². The summed E-state index contributed by atoms with van der Waals surface area (Å²) in [7, 11) is 1.51. The molecule has 1 unspecified atom stereocenters. The molecule has 4 N–H and O–H groups in total. The molecule has 0 aliphatic heterocycles. The third-order valence-electron chi connectivity index (χ3n) is 2.15. The lowest BCUT2D eigenvalue weighted by atomic mass is 10.0. The molecule has 1 atom stereocenters. The fourth-order valence-electron chi connectivity index (χ4n) is 1.35. The number of rotatable bonds is 4. The minimum atomic E-state index is -0.304. The highest BCUT2D eigenvalue weighted by atomic mass is 79.9. The lowest BCUT2D eigenvalue weighted by Gasteiger charge is -2.16. The summed E-state index contributed by atoms with van der Waals surface area (Å²) in [5.74, 6) is 0.614. The van der Waals surface area contributed by atoms with E-state index in [2.05, 4.69) is 15.9 Å². The number of benzene rings is 1. The van der Waals surface area contributed by atoms with Gasteiger partial charge in [-0.15, -0.1) is 0 Å². The molecule has 0 bridgehead atoms. The maximum Gasteiger partial charge on any atom is 0.141 e. The normalized spacial score (nSPS) is 12.5. The number of aromatic hydroxyl groups is 1. The van der Waals surface area contributed by atoms with Crippen LogP contribution in [0.2, 0.25) is 0 Å². The van der Waals surface area contributed by atoms with Gasteiger partial charge in [0.1, 0.15) is 16.0 Å². The molecule has 1 rings (SSSR count). The second-order valence-corrected chi connectivity index (χ2v) is 3.93. The van der Waals surface area contributed by atoms with Gasteiger partial charge in [-0.1, -0.05) is 0 Å². The number of nitrogens with two attached hydrogens (primary N) is 1. The average molecular weight is 276 g/mol. The Balaban J connectivity index is 3.12. The monoisotopic (exact) mass is 275 g/mol. The Kier molecular flexibility index (Phi) is 4.38. The molecular formula is C10H14BrNO3. The minimum Gasteiger partial charge on any atom is -0.507 e. The lowest BCUT2D eigenvalue weighted by Crippen LogP contribution is -2.13. The van der Waals surface area contributed by atoms with E-state index in [0.717, 1.165) is 5.56 Å². The quantitative estimate of drug-likeness (QED) is 0.779. The van der Waals surface area contributed by atoms with Crippen molar-refractivity contribution >= 4 is 15.9 Å². The summed E-state index contributed by atoms with van der Waals surface area (Å²) >= 11 is 3.22. The Morgan fingerprint density at radius 3 is 2.73 bits per heavy atom. The van der Waals surface area contributed by atoms with Gasteiger partial charge in [0.25, 0.3) is 0 Å². The molecule has 1 aromatic carbocycles. The van der Waals surface area contributed by atoms with E-state index in [-0.39, 0.29) is 18.4 Å². The molecule has 0 spiro atoms. The third-order valence-corrected chi connectivity index (χ3v) is 2.92. The summed E-state index contributed by atoms with van der Waals surface area (Å²) < 4.78 is 5.64. The van der Waals surface area contributed by atoms with Crippen LogP contribution in [0.3, 0.4) is 0 Å². The van der Waals surface area contributed by atoms with Gasteiger partial charge < -0.3 is 20.7 Å². The molecule has 1 aromatic rings. The molecule has 0 heterocycles. The van der Waals surface area contributed by atoms with Crippen molar-refractivity contribution in [3.8, 4) is 11.5 Å². The first kappa shape index (κ1) is 12.3. The smallest absolute Gasteiger partial charge is 0.141 e. The van der Waals surface area contributed by atoms with Crippen LogP contribution in [0.25, 0.3) is 0 Å². The molecule has 4 nitrogen and oxygen atoms in total. The highest BCUT2D eigenvalue weighted by molar-refractivity contribution is 9.10. The predicted molar refractivity (Wildman–Crippen MR) is 61.0 cm³/mol. The van der Waals surface area contributed by atoms with E-state index in [9.17, 15) is 5.11 Å². The van der Waals surface area contributed by atoms with Gasteiger partial charge in [-0.2, -0.15) is 0 Å². The summed E-state index contributed by atoms with van der Waals surface area (Å²) in [6.07, 6.45) is 0.452. The van der Waals surface area contributed by atoms with Crippen molar-refractivity contribution in [2.45, 2.75) is 12.5 Å². The van der Waals surface area contributed by atoms with Crippen LogP contribution in [0.4, 0.5) is 0 Å². The molecule has 0 aliphatic rings. The minimum absolute atomic E-state index is 0.0167. The molecule has 0 amide bonds. The van der Waals surface area contributed by atoms with Gasteiger partial charge in [-0.05, 0) is 34.5 Å². The molecule has 0 fully saturated rings. The number of ether oxygens (including phenoxy) is 1. The molecule has 84 valence electrons. The lowest BCUT2D eigenvalue weighted by molar-refractivity contribution is 0.275. The van der Waals surface area contributed by atoms with Gasteiger partial charge in [0, 0.05) is 18.2 Å². The summed E-state index contributed by atoms with van der Waals surface area (Å²) in [4.78, 5) is 0. The highest BCUT2D eigenvalue weighted by Crippen LogP contribution is 2.39. The van der Waals surface area contributed by atoms with Crippen LogP contribution in [0.1, 0.15) is 18.0 Å². The van der Waals surface area contributed by atoms with E-state index >= 15 is 0 Å².